The van der Waals surface area contributed by atoms with Crippen LogP contribution >= 0.6 is 0 Å². The Morgan fingerprint density at radius 2 is 1.82 bits per heavy atom. The number of aromatic amines is 1. The number of rotatable bonds is 3. The van der Waals surface area contributed by atoms with Crippen LogP contribution in [0.1, 0.15) is 24.6 Å². The maximum Gasteiger partial charge on any atom is 0.321 e. The molecule has 0 saturated carbocycles. The fourth-order valence-corrected chi connectivity index (χ4v) is 4.83. The van der Waals surface area contributed by atoms with Crippen molar-refractivity contribution >= 4 is 34.0 Å². The SMILES string of the molecule is Nc1nccn2c(C3CCN(C(=O)Nc4ccccc4)CC3)nc(-c3cc4ccccc4[nH]3)c12. The van der Waals surface area contributed by atoms with Gasteiger partial charge in [-0.25, -0.2) is 14.8 Å². The molecule has 170 valence electrons. The highest BCUT2D eigenvalue weighted by atomic mass is 16.2. The molecule has 0 unspecified atom stereocenters. The topological polar surface area (TPSA) is 104 Å². The fraction of sp³-hybridized carbons (Fsp3) is 0.192. The Hall–Kier alpha value is -4.33. The van der Waals surface area contributed by atoms with E-state index in [1.54, 1.807) is 6.20 Å². The van der Waals surface area contributed by atoms with E-state index in [2.05, 4.69) is 37.9 Å². The molecule has 8 heteroatoms. The van der Waals surface area contributed by atoms with Gasteiger partial charge in [-0.3, -0.25) is 4.40 Å². The molecule has 2 aromatic carbocycles. The summed E-state index contributed by atoms with van der Waals surface area (Å²) in [6.45, 7) is 1.33. The number of nitrogens with one attached hydrogen (secondary N) is 2. The van der Waals surface area contributed by atoms with Gasteiger partial charge in [0.15, 0.2) is 0 Å². The van der Waals surface area contributed by atoms with Crippen LogP contribution in [0, 0.1) is 0 Å². The van der Waals surface area contributed by atoms with E-state index in [1.165, 1.54) is 0 Å². The molecule has 0 radical (unpaired) electrons. The van der Waals surface area contributed by atoms with Crippen molar-refractivity contribution in [3.8, 4) is 11.4 Å². The molecule has 0 atom stereocenters. The van der Waals surface area contributed by atoms with E-state index in [9.17, 15) is 4.79 Å². The van der Waals surface area contributed by atoms with E-state index in [0.717, 1.165) is 52.2 Å². The zero-order chi connectivity index (χ0) is 23.1. The number of carbonyl (C=O) groups excluding carboxylic acids is 1. The minimum absolute atomic E-state index is 0.0650. The van der Waals surface area contributed by atoms with Crippen molar-refractivity contribution in [2.75, 3.05) is 24.1 Å². The van der Waals surface area contributed by atoms with Crippen molar-refractivity contribution in [1.82, 2.24) is 24.3 Å². The number of para-hydroxylation sites is 2. The second-order valence-corrected chi connectivity index (χ2v) is 8.68. The molecule has 4 N–H and O–H groups in total. The molecule has 0 aliphatic carbocycles. The monoisotopic (exact) mass is 451 g/mol. The molecular formula is C26H25N7O. The largest absolute Gasteiger partial charge is 0.382 e. The number of benzene rings is 2. The van der Waals surface area contributed by atoms with Gasteiger partial charge >= 0.3 is 6.03 Å². The minimum atomic E-state index is -0.0650. The smallest absolute Gasteiger partial charge is 0.321 e. The van der Waals surface area contributed by atoms with E-state index in [-0.39, 0.29) is 11.9 Å². The summed E-state index contributed by atoms with van der Waals surface area (Å²) in [5.74, 6) is 1.63. The first kappa shape index (κ1) is 20.3. The highest BCUT2D eigenvalue weighted by molar-refractivity contribution is 5.91. The van der Waals surface area contributed by atoms with Gasteiger partial charge in [0.05, 0.1) is 5.69 Å². The predicted octanol–water partition coefficient (Wildman–Crippen LogP) is 4.87. The third-order valence-corrected chi connectivity index (χ3v) is 6.57. The van der Waals surface area contributed by atoms with Crippen LogP contribution in [0.3, 0.4) is 0 Å². The quantitative estimate of drug-likeness (QED) is 0.364. The number of hydrogen-bond acceptors (Lipinski definition) is 4. The van der Waals surface area contributed by atoms with Crippen LogP contribution in [-0.4, -0.2) is 43.4 Å². The van der Waals surface area contributed by atoms with Crippen molar-refractivity contribution in [1.29, 1.82) is 0 Å². The molecule has 1 aliphatic heterocycles. The average molecular weight is 452 g/mol. The lowest BCUT2D eigenvalue weighted by Gasteiger charge is -2.31. The molecule has 5 aromatic rings. The van der Waals surface area contributed by atoms with Gasteiger partial charge in [-0.05, 0) is 37.1 Å². The number of piperidine rings is 1. The molecule has 8 nitrogen and oxygen atoms in total. The molecule has 34 heavy (non-hydrogen) atoms. The number of nitrogens with zero attached hydrogens (tertiary/aromatic N) is 4. The molecule has 0 bridgehead atoms. The molecular weight excluding hydrogens is 426 g/mol. The van der Waals surface area contributed by atoms with Crippen molar-refractivity contribution in [3.05, 3.63) is 78.9 Å². The second-order valence-electron chi connectivity index (χ2n) is 8.68. The van der Waals surface area contributed by atoms with Gasteiger partial charge in [-0.2, -0.15) is 0 Å². The van der Waals surface area contributed by atoms with Crippen LogP contribution in [0.2, 0.25) is 0 Å². The molecule has 1 fully saturated rings. The van der Waals surface area contributed by atoms with E-state index in [4.69, 9.17) is 10.7 Å². The average Bonchev–Trinajstić information content (AvgIpc) is 3.47. The van der Waals surface area contributed by atoms with E-state index < -0.39 is 0 Å². The van der Waals surface area contributed by atoms with E-state index >= 15 is 0 Å². The lowest BCUT2D eigenvalue weighted by atomic mass is 9.96. The van der Waals surface area contributed by atoms with Gasteiger partial charge in [0.2, 0.25) is 0 Å². The summed E-state index contributed by atoms with van der Waals surface area (Å²) in [5, 5.41) is 4.10. The third kappa shape index (κ3) is 3.53. The van der Waals surface area contributed by atoms with Gasteiger partial charge in [0.1, 0.15) is 22.9 Å². The van der Waals surface area contributed by atoms with Crippen LogP contribution < -0.4 is 11.1 Å². The summed E-state index contributed by atoms with van der Waals surface area (Å²) >= 11 is 0. The molecule has 3 aromatic heterocycles. The number of anilines is 2. The number of aromatic nitrogens is 4. The zero-order valence-electron chi connectivity index (χ0n) is 18.6. The molecule has 1 saturated heterocycles. The maximum atomic E-state index is 12.7. The molecule has 4 heterocycles. The highest BCUT2D eigenvalue weighted by Gasteiger charge is 2.28. The number of H-pyrrole nitrogens is 1. The Morgan fingerprint density at radius 1 is 1.06 bits per heavy atom. The summed E-state index contributed by atoms with van der Waals surface area (Å²) < 4.78 is 2.06. The summed E-state index contributed by atoms with van der Waals surface area (Å²) in [4.78, 5) is 27.4. The van der Waals surface area contributed by atoms with Gasteiger partial charge < -0.3 is 20.9 Å². The van der Waals surface area contributed by atoms with Crippen LogP contribution in [0.15, 0.2) is 73.1 Å². The lowest BCUT2D eigenvalue weighted by Crippen LogP contribution is -2.40. The van der Waals surface area contributed by atoms with Gasteiger partial charge in [-0.1, -0.05) is 36.4 Å². The number of nitrogen functional groups attached to an aromatic ring is 1. The van der Waals surface area contributed by atoms with Gasteiger partial charge in [0, 0.05) is 48.0 Å². The molecule has 6 rings (SSSR count). The Labute approximate surface area is 196 Å². The van der Waals surface area contributed by atoms with Crippen LogP contribution in [0.25, 0.3) is 27.8 Å². The lowest BCUT2D eigenvalue weighted by molar-refractivity contribution is 0.193. The first-order valence-corrected chi connectivity index (χ1v) is 11.5. The summed E-state index contributed by atoms with van der Waals surface area (Å²) in [7, 11) is 0. The Balaban J connectivity index is 1.28. The van der Waals surface area contributed by atoms with Crippen LogP contribution in [-0.2, 0) is 0 Å². The molecule has 2 amide bonds. The number of imidazole rings is 1. The number of nitrogens with two attached hydrogens (primary N) is 1. The number of hydrogen-bond donors (Lipinski definition) is 3. The van der Waals surface area contributed by atoms with Crippen molar-refractivity contribution in [2.24, 2.45) is 0 Å². The van der Waals surface area contributed by atoms with Gasteiger partial charge in [-0.15, -0.1) is 0 Å². The first-order chi connectivity index (χ1) is 16.7. The van der Waals surface area contributed by atoms with Crippen LogP contribution in [0.5, 0.6) is 0 Å². The number of carbonyl (C=O) groups is 1. The standard InChI is InChI=1S/C26H25N7O/c27-24-23-22(21-16-18-6-4-5-9-20(18)30-21)31-25(33(23)15-12-28-24)17-10-13-32(14-11-17)26(34)29-19-7-2-1-3-8-19/h1-9,12,15-17,30H,10-11,13-14H2,(H2,27,28)(H,29,34). The Kier molecular flexibility index (Phi) is 4.91. The molecule has 1 aliphatic rings. The van der Waals surface area contributed by atoms with Crippen molar-refractivity contribution in [2.45, 2.75) is 18.8 Å². The normalized spacial score (nSPS) is 14.6. The summed E-state index contributed by atoms with van der Waals surface area (Å²) in [6, 6.07) is 19.7. The number of fused-ring (bicyclic) bond motifs is 2. The van der Waals surface area contributed by atoms with Crippen molar-refractivity contribution in [3.63, 3.8) is 0 Å². The van der Waals surface area contributed by atoms with Crippen LogP contribution in [0.4, 0.5) is 16.3 Å². The Bertz CT molecular complexity index is 1450. The minimum Gasteiger partial charge on any atom is -0.382 e. The first-order valence-electron chi connectivity index (χ1n) is 11.5. The van der Waals surface area contributed by atoms with Crippen molar-refractivity contribution < 1.29 is 4.79 Å². The summed E-state index contributed by atoms with van der Waals surface area (Å²) in [6.07, 6.45) is 5.30. The number of urea groups is 1. The fourth-order valence-electron chi connectivity index (χ4n) is 4.83. The number of amides is 2. The van der Waals surface area contributed by atoms with E-state index in [1.807, 2.05) is 53.6 Å². The predicted molar refractivity (Wildman–Crippen MR) is 134 cm³/mol. The highest BCUT2D eigenvalue weighted by Crippen LogP contribution is 2.35. The molecule has 0 spiro atoms. The third-order valence-electron chi connectivity index (χ3n) is 6.57. The zero-order valence-corrected chi connectivity index (χ0v) is 18.6. The maximum absolute atomic E-state index is 12.7. The van der Waals surface area contributed by atoms with E-state index in [0.29, 0.717) is 18.9 Å². The Morgan fingerprint density at radius 3 is 2.62 bits per heavy atom. The number of likely N-dealkylation sites (tertiary alicyclic amines) is 1. The summed E-state index contributed by atoms with van der Waals surface area (Å²) in [5.41, 5.74) is 10.7. The van der Waals surface area contributed by atoms with Gasteiger partial charge in [0.25, 0.3) is 0 Å². The second kappa shape index (κ2) is 8.22.